The number of carboxylic acids is 1. The highest BCUT2D eigenvalue weighted by atomic mass is 16.5. The zero-order valence-electron chi connectivity index (χ0n) is 18.9. The Morgan fingerprint density at radius 2 is 1.75 bits per heavy atom. The molecule has 2 amide bonds. The van der Waals surface area contributed by atoms with Gasteiger partial charge < -0.3 is 25.6 Å². The van der Waals surface area contributed by atoms with E-state index in [1.165, 1.54) is 5.57 Å². The van der Waals surface area contributed by atoms with E-state index in [-0.39, 0.29) is 49.1 Å². The van der Waals surface area contributed by atoms with Crippen molar-refractivity contribution in [1.82, 2.24) is 0 Å². The first-order chi connectivity index (χ1) is 15.1. The molecule has 1 fully saturated rings. The molecule has 1 heterocycles. The third-order valence-electron chi connectivity index (χ3n) is 6.63. The molecule has 0 saturated carbocycles. The van der Waals surface area contributed by atoms with E-state index in [0.717, 1.165) is 25.7 Å². The number of quaternary nitrogens is 1. The SMILES string of the molecule is CC1=C[C@@]2(C)CCC[N+]([O-])(CC(=O)Nc3ccc(NC(=O)CCCC(=O)O)cc3)[C@H]2CC1. The fourth-order valence-corrected chi connectivity index (χ4v) is 5.21. The van der Waals surface area contributed by atoms with Crippen LogP contribution in [0, 0.1) is 10.6 Å². The first kappa shape index (κ1) is 23.9. The summed E-state index contributed by atoms with van der Waals surface area (Å²) in [7, 11) is 0. The van der Waals surface area contributed by atoms with E-state index in [4.69, 9.17) is 5.11 Å². The van der Waals surface area contributed by atoms with Crippen LogP contribution in [0.25, 0.3) is 0 Å². The summed E-state index contributed by atoms with van der Waals surface area (Å²) in [6.07, 6.45) is 6.13. The molecule has 0 aromatic heterocycles. The monoisotopic (exact) mass is 443 g/mol. The van der Waals surface area contributed by atoms with Crippen molar-refractivity contribution >= 4 is 29.2 Å². The highest BCUT2D eigenvalue weighted by Crippen LogP contribution is 2.46. The first-order valence-electron chi connectivity index (χ1n) is 11.3. The molecule has 174 valence electrons. The Kier molecular flexibility index (Phi) is 7.36. The Bertz CT molecular complexity index is 897. The van der Waals surface area contributed by atoms with Gasteiger partial charge in [-0.25, -0.2) is 0 Å². The van der Waals surface area contributed by atoms with E-state index in [2.05, 4.69) is 30.6 Å². The van der Waals surface area contributed by atoms with Crippen LogP contribution in [0.15, 0.2) is 35.9 Å². The number of fused-ring (bicyclic) bond motifs is 1. The second-order valence-corrected chi connectivity index (χ2v) is 9.41. The van der Waals surface area contributed by atoms with Gasteiger partial charge in [0.05, 0.1) is 12.6 Å². The van der Waals surface area contributed by atoms with Gasteiger partial charge >= 0.3 is 5.97 Å². The number of nitrogens with one attached hydrogen (secondary N) is 2. The van der Waals surface area contributed by atoms with Gasteiger partial charge in [-0.1, -0.05) is 18.6 Å². The van der Waals surface area contributed by atoms with Gasteiger partial charge in [0.25, 0.3) is 5.91 Å². The normalized spacial score (nSPS) is 27.1. The van der Waals surface area contributed by atoms with Crippen LogP contribution in [0.4, 0.5) is 11.4 Å². The number of hydrogen-bond acceptors (Lipinski definition) is 4. The Morgan fingerprint density at radius 1 is 1.12 bits per heavy atom. The lowest BCUT2D eigenvalue weighted by Gasteiger charge is -2.58. The molecule has 3 N–H and O–H groups in total. The number of likely N-dealkylation sites (tertiary alicyclic amines) is 1. The van der Waals surface area contributed by atoms with Crippen molar-refractivity contribution in [3.05, 3.63) is 41.1 Å². The number of hydrogen-bond donors (Lipinski definition) is 3. The molecule has 1 saturated heterocycles. The number of piperidine rings is 1. The number of aliphatic carboxylic acids is 1. The van der Waals surface area contributed by atoms with Crippen LogP contribution >= 0.6 is 0 Å². The zero-order valence-corrected chi connectivity index (χ0v) is 18.9. The summed E-state index contributed by atoms with van der Waals surface area (Å²) in [6.45, 7) is 4.63. The molecule has 1 aromatic carbocycles. The molecular formula is C24H33N3O5. The number of benzene rings is 1. The Morgan fingerprint density at radius 3 is 2.38 bits per heavy atom. The molecule has 1 aliphatic heterocycles. The van der Waals surface area contributed by atoms with Crippen molar-refractivity contribution in [2.75, 3.05) is 23.7 Å². The highest BCUT2D eigenvalue weighted by molar-refractivity contribution is 5.93. The average Bonchev–Trinajstić information content (AvgIpc) is 2.68. The number of anilines is 2. The summed E-state index contributed by atoms with van der Waals surface area (Å²) in [6, 6.07) is 6.59. The fraction of sp³-hybridized carbons (Fsp3) is 0.542. The van der Waals surface area contributed by atoms with E-state index < -0.39 is 10.6 Å². The number of carbonyl (C=O) groups is 3. The maximum atomic E-state index is 13.7. The molecule has 1 unspecified atom stereocenters. The average molecular weight is 444 g/mol. The van der Waals surface area contributed by atoms with Gasteiger partial charge in [-0.15, -0.1) is 0 Å². The molecule has 1 aliphatic carbocycles. The molecule has 2 aliphatic rings. The summed E-state index contributed by atoms with van der Waals surface area (Å²) in [5, 5.41) is 27.8. The number of amides is 2. The maximum Gasteiger partial charge on any atom is 0.303 e. The van der Waals surface area contributed by atoms with Crippen molar-refractivity contribution in [1.29, 1.82) is 0 Å². The maximum absolute atomic E-state index is 13.7. The summed E-state index contributed by atoms with van der Waals surface area (Å²) in [4.78, 5) is 35.1. The zero-order chi connectivity index (χ0) is 23.4. The molecule has 1 aromatic rings. The third-order valence-corrected chi connectivity index (χ3v) is 6.63. The Balaban J connectivity index is 1.55. The number of allylic oxidation sites excluding steroid dienone is 1. The highest BCUT2D eigenvalue weighted by Gasteiger charge is 2.48. The lowest BCUT2D eigenvalue weighted by molar-refractivity contribution is -0.911. The molecule has 8 heteroatoms. The Hall–Kier alpha value is -2.71. The first-order valence-corrected chi connectivity index (χ1v) is 11.3. The van der Waals surface area contributed by atoms with Gasteiger partial charge in [0.2, 0.25) is 5.91 Å². The molecular weight excluding hydrogens is 410 g/mol. The van der Waals surface area contributed by atoms with Gasteiger partial charge in [-0.2, -0.15) is 0 Å². The van der Waals surface area contributed by atoms with Gasteiger partial charge in [0.15, 0.2) is 6.54 Å². The number of nitrogens with zero attached hydrogens (tertiary/aromatic N) is 1. The summed E-state index contributed by atoms with van der Waals surface area (Å²) in [5.41, 5.74) is 2.31. The predicted octanol–water partition coefficient (Wildman–Crippen LogP) is 4.04. The standard InChI is InChI=1S/C24H33N3O5/c1-17-7-12-20-24(2,15-17)13-4-14-27(20,32)16-22(29)26-19-10-8-18(9-11-19)25-21(28)5-3-6-23(30)31/h8-11,15,20H,3-7,12-14,16H2,1-2H3,(H,25,28)(H,26,29)(H,30,31)/t20-,24+,27?/m0/s1. The minimum Gasteiger partial charge on any atom is -0.632 e. The van der Waals surface area contributed by atoms with Crippen molar-refractivity contribution < 1.29 is 24.1 Å². The molecule has 0 spiro atoms. The third kappa shape index (κ3) is 5.95. The van der Waals surface area contributed by atoms with Gasteiger partial charge in [0, 0.05) is 36.1 Å². The number of carboxylic acid groups (broad SMARTS) is 1. The second kappa shape index (κ2) is 9.83. The van der Waals surface area contributed by atoms with Crippen LogP contribution in [0.3, 0.4) is 0 Å². The minimum absolute atomic E-state index is 0.0476. The van der Waals surface area contributed by atoms with Crippen molar-refractivity contribution in [3.8, 4) is 0 Å². The van der Waals surface area contributed by atoms with Crippen LogP contribution < -0.4 is 10.6 Å². The number of rotatable bonds is 8. The second-order valence-electron chi connectivity index (χ2n) is 9.41. The smallest absolute Gasteiger partial charge is 0.303 e. The largest absolute Gasteiger partial charge is 0.632 e. The van der Waals surface area contributed by atoms with Crippen LogP contribution in [0.5, 0.6) is 0 Å². The van der Waals surface area contributed by atoms with Crippen molar-refractivity contribution in [3.63, 3.8) is 0 Å². The summed E-state index contributed by atoms with van der Waals surface area (Å²) >= 11 is 0. The predicted molar refractivity (Wildman–Crippen MR) is 123 cm³/mol. The summed E-state index contributed by atoms with van der Waals surface area (Å²) in [5.74, 6) is -1.49. The number of carbonyl (C=O) groups excluding carboxylic acids is 2. The summed E-state index contributed by atoms with van der Waals surface area (Å²) < 4.78 is -0.476. The van der Waals surface area contributed by atoms with E-state index in [0.29, 0.717) is 17.9 Å². The number of hydroxylamine groups is 3. The van der Waals surface area contributed by atoms with Crippen LogP contribution in [0.1, 0.15) is 58.8 Å². The van der Waals surface area contributed by atoms with E-state index in [1.807, 2.05) is 0 Å². The van der Waals surface area contributed by atoms with Crippen LogP contribution in [-0.2, 0) is 14.4 Å². The topological polar surface area (TPSA) is 119 Å². The van der Waals surface area contributed by atoms with E-state index >= 15 is 0 Å². The quantitative estimate of drug-likeness (QED) is 0.318. The van der Waals surface area contributed by atoms with Gasteiger partial charge in [0.1, 0.15) is 0 Å². The van der Waals surface area contributed by atoms with Gasteiger partial charge in [-0.05, 0) is 56.9 Å². The van der Waals surface area contributed by atoms with Crippen LogP contribution in [-0.4, -0.2) is 46.7 Å². The Labute approximate surface area is 188 Å². The lowest BCUT2D eigenvalue weighted by atomic mass is 9.68. The van der Waals surface area contributed by atoms with Crippen molar-refractivity contribution in [2.45, 2.75) is 64.8 Å². The fourth-order valence-electron chi connectivity index (χ4n) is 5.21. The molecule has 3 atom stereocenters. The molecule has 8 nitrogen and oxygen atoms in total. The lowest BCUT2D eigenvalue weighted by Crippen LogP contribution is -2.63. The molecule has 32 heavy (non-hydrogen) atoms. The minimum atomic E-state index is -0.927. The molecule has 0 bridgehead atoms. The van der Waals surface area contributed by atoms with Crippen molar-refractivity contribution in [2.24, 2.45) is 5.41 Å². The van der Waals surface area contributed by atoms with Crippen LogP contribution in [0.2, 0.25) is 0 Å². The molecule has 3 rings (SSSR count). The molecule has 0 radical (unpaired) electrons. The van der Waals surface area contributed by atoms with E-state index in [1.54, 1.807) is 24.3 Å². The van der Waals surface area contributed by atoms with E-state index in [9.17, 15) is 19.6 Å². The van der Waals surface area contributed by atoms with Gasteiger partial charge in [-0.3, -0.25) is 14.4 Å².